The minimum absolute atomic E-state index is 0.152. The lowest BCUT2D eigenvalue weighted by molar-refractivity contribution is -0.116. The van der Waals surface area contributed by atoms with E-state index in [9.17, 15) is 9.18 Å². The second-order valence-electron chi connectivity index (χ2n) is 5.18. The topological polar surface area (TPSA) is 50.4 Å². The van der Waals surface area contributed by atoms with E-state index in [2.05, 4.69) is 10.6 Å². The zero-order valence-electron chi connectivity index (χ0n) is 13.1. The van der Waals surface area contributed by atoms with Crippen LogP contribution in [0.15, 0.2) is 36.4 Å². The molecule has 1 atom stereocenters. The average molecular weight is 337 g/mol. The Hall–Kier alpha value is -2.27. The van der Waals surface area contributed by atoms with Crippen LogP contribution in [0.1, 0.15) is 12.5 Å². The van der Waals surface area contributed by atoms with Gasteiger partial charge in [-0.25, -0.2) is 4.39 Å². The number of anilines is 2. The number of rotatable bonds is 5. The summed E-state index contributed by atoms with van der Waals surface area (Å²) in [5.41, 5.74) is 2.13. The molecule has 0 aliphatic carbocycles. The average Bonchev–Trinajstić information content (AvgIpc) is 2.50. The molecule has 0 saturated heterocycles. The summed E-state index contributed by atoms with van der Waals surface area (Å²) in [6.45, 7) is 3.67. The smallest absolute Gasteiger partial charge is 0.246 e. The summed E-state index contributed by atoms with van der Waals surface area (Å²) >= 11 is 5.91. The number of hydrogen-bond donors (Lipinski definition) is 2. The van der Waals surface area contributed by atoms with Crippen molar-refractivity contribution in [2.45, 2.75) is 19.9 Å². The van der Waals surface area contributed by atoms with Gasteiger partial charge in [-0.05, 0) is 49.7 Å². The zero-order chi connectivity index (χ0) is 17.0. The number of nitrogens with one attached hydrogen (secondary N) is 2. The van der Waals surface area contributed by atoms with Gasteiger partial charge in [0, 0.05) is 0 Å². The van der Waals surface area contributed by atoms with E-state index in [1.165, 1.54) is 12.1 Å². The fourth-order valence-electron chi connectivity index (χ4n) is 2.07. The predicted molar refractivity (Wildman–Crippen MR) is 90.9 cm³/mol. The first kappa shape index (κ1) is 17.1. The van der Waals surface area contributed by atoms with Crippen LogP contribution in [0, 0.1) is 12.7 Å². The molecule has 2 aromatic rings. The molecule has 0 bridgehead atoms. The van der Waals surface area contributed by atoms with Gasteiger partial charge in [-0.2, -0.15) is 0 Å². The third kappa shape index (κ3) is 4.36. The number of methoxy groups -OCH3 is 1. The first-order chi connectivity index (χ1) is 10.9. The highest BCUT2D eigenvalue weighted by molar-refractivity contribution is 6.33. The van der Waals surface area contributed by atoms with Crippen molar-refractivity contribution in [1.82, 2.24) is 0 Å². The van der Waals surface area contributed by atoms with Crippen LogP contribution in [0.4, 0.5) is 15.8 Å². The third-order valence-electron chi connectivity index (χ3n) is 3.31. The Morgan fingerprint density at radius 1 is 1.22 bits per heavy atom. The predicted octanol–water partition coefficient (Wildman–Crippen LogP) is 4.24. The van der Waals surface area contributed by atoms with Crippen molar-refractivity contribution < 1.29 is 13.9 Å². The maximum Gasteiger partial charge on any atom is 0.246 e. The number of ether oxygens (including phenoxy) is 1. The van der Waals surface area contributed by atoms with Crippen molar-refractivity contribution in [3.05, 3.63) is 52.8 Å². The van der Waals surface area contributed by atoms with E-state index in [0.29, 0.717) is 11.4 Å². The lowest BCUT2D eigenvalue weighted by Crippen LogP contribution is -2.32. The van der Waals surface area contributed by atoms with Crippen LogP contribution in [0.25, 0.3) is 0 Å². The molecule has 0 aliphatic rings. The molecule has 2 N–H and O–H groups in total. The molecule has 0 heterocycles. The number of hydrogen-bond acceptors (Lipinski definition) is 3. The van der Waals surface area contributed by atoms with Crippen molar-refractivity contribution in [3.63, 3.8) is 0 Å². The number of benzene rings is 2. The van der Waals surface area contributed by atoms with Gasteiger partial charge in [0.1, 0.15) is 17.6 Å². The highest BCUT2D eigenvalue weighted by Gasteiger charge is 2.16. The van der Waals surface area contributed by atoms with Crippen molar-refractivity contribution in [2.75, 3.05) is 17.7 Å². The van der Waals surface area contributed by atoms with Crippen LogP contribution in [0.3, 0.4) is 0 Å². The molecule has 1 amide bonds. The molecular formula is C17H18ClFN2O2. The van der Waals surface area contributed by atoms with Crippen molar-refractivity contribution in [1.29, 1.82) is 0 Å². The van der Waals surface area contributed by atoms with E-state index < -0.39 is 11.9 Å². The number of carbonyl (C=O) groups excluding carboxylic acids is 1. The Balaban J connectivity index is 2.10. The van der Waals surface area contributed by atoms with Gasteiger partial charge in [-0.15, -0.1) is 0 Å². The van der Waals surface area contributed by atoms with Gasteiger partial charge in [0.05, 0.1) is 23.5 Å². The number of aryl methyl sites for hydroxylation is 1. The molecular weight excluding hydrogens is 319 g/mol. The molecule has 0 aromatic heterocycles. The van der Waals surface area contributed by atoms with E-state index >= 15 is 0 Å². The Bertz CT molecular complexity index is 722. The molecule has 0 aliphatic heterocycles. The summed E-state index contributed by atoms with van der Waals surface area (Å²) in [6, 6.07) is 8.93. The largest absolute Gasteiger partial charge is 0.495 e. The fourth-order valence-corrected chi connectivity index (χ4v) is 2.28. The SMILES string of the molecule is COc1ccc(C)cc1N[C@@H](C)C(=O)Nc1ccc(F)cc1Cl. The van der Waals surface area contributed by atoms with Gasteiger partial charge >= 0.3 is 0 Å². The van der Waals surface area contributed by atoms with Crippen molar-refractivity contribution in [2.24, 2.45) is 0 Å². The van der Waals surface area contributed by atoms with E-state index in [1.54, 1.807) is 14.0 Å². The van der Waals surface area contributed by atoms with Gasteiger partial charge < -0.3 is 15.4 Å². The van der Waals surface area contributed by atoms with E-state index in [-0.39, 0.29) is 10.9 Å². The summed E-state index contributed by atoms with van der Waals surface area (Å²) in [4.78, 5) is 12.3. The van der Waals surface area contributed by atoms with Crippen molar-refractivity contribution in [3.8, 4) is 5.75 Å². The van der Waals surface area contributed by atoms with E-state index in [1.807, 2.05) is 25.1 Å². The molecule has 2 rings (SSSR count). The summed E-state index contributed by atoms with van der Waals surface area (Å²) in [5, 5.41) is 5.92. The number of carbonyl (C=O) groups is 1. The second kappa shape index (κ2) is 7.33. The molecule has 23 heavy (non-hydrogen) atoms. The molecule has 0 saturated carbocycles. The minimum atomic E-state index is -0.535. The zero-order valence-corrected chi connectivity index (χ0v) is 13.9. The Labute approximate surface area is 139 Å². The summed E-state index contributed by atoms with van der Waals surface area (Å²) < 4.78 is 18.3. The van der Waals surface area contributed by atoms with Crippen LogP contribution in [0.5, 0.6) is 5.75 Å². The first-order valence-corrected chi connectivity index (χ1v) is 7.45. The molecule has 6 heteroatoms. The van der Waals surface area contributed by atoms with Gasteiger partial charge in [0.15, 0.2) is 0 Å². The van der Waals surface area contributed by atoms with Crippen LogP contribution in [-0.2, 0) is 4.79 Å². The fraction of sp³-hybridized carbons (Fsp3) is 0.235. The monoisotopic (exact) mass is 336 g/mol. The lowest BCUT2D eigenvalue weighted by Gasteiger charge is -2.18. The first-order valence-electron chi connectivity index (χ1n) is 7.08. The van der Waals surface area contributed by atoms with E-state index in [0.717, 1.165) is 17.3 Å². The van der Waals surface area contributed by atoms with Gasteiger partial charge in [0.2, 0.25) is 5.91 Å². The molecule has 2 aromatic carbocycles. The van der Waals surface area contributed by atoms with Gasteiger partial charge in [-0.1, -0.05) is 17.7 Å². The molecule has 0 fully saturated rings. The molecule has 4 nitrogen and oxygen atoms in total. The Morgan fingerprint density at radius 3 is 2.61 bits per heavy atom. The lowest BCUT2D eigenvalue weighted by atomic mass is 10.2. The van der Waals surface area contributed by atoms with Crippen molar-refractivity contribution >= 4 is 28.9 Å². The minimum Gasteiger partial charge on any atom is -0.495 e. The van der Waals surface area contributed by atoms with Gasteiger partial charge in [0.25, 0.3) is 0 Å². The number of halogens is 2. The molecule has 0 radical (unpaired) electrons. The summed E-state index contributed by atoms with van der Waals surface area (Å²) in [7, 11) is 1.57. The van der Waals surface area contributed by atoms with E-state index in [4.69, 9.17) is 16.3 Å². The second-order valence-corrected chi connectivity index (χ2v) is 5.59. The molecule has 122 valence electrons. The number of amides is 1. The van der Waals surface area contributed by atoms with Crippen LogP contribution in [0.2, 0.25) is 5.02 Å². The molecule has 0 unspecified atom stereocenters. The Morgan fingerprint density at radius 2 is 1.96 bits per heavy atom. The van der Waals surface area contributed by atoms with Gasteiger partial charge in [-0.3, -0.25) is 4.79 Å². The quantitative estimate of drug-likeness (QED) is 0.858. The standard InChI is InChI=1S/C17H18ClFN2O2/c1-10-4-7-16(23-3)15(8-10)20-11(2)17(22)21-14-6-5-12(19)9-13(14)18/h4-9,11,20H,1-3H3,(H,21,22)/t11-/m0/s1. The maximum atomic E-state index is 13.0. The third-order valence-corrected chi connectivity index (χ3v) is 3.62. The summed E-state index contributed by atoms with van der Waals surface area (Å²) in [6.07, 6.45) is 0. The molecule has 0 spiro atoms. The maximum absolute atomic E-state index is 13.0. The summed E-state index contributed by atoms with van der Waals surface area (Å²) in [5.74, 6) is -0.0965. The van der Waals surface area contributed by atoms with Crippen LogP contribution < -0.4 is 15.4 Å². The highest BCUT2D eigenvalue weighted by atomic mass is 35.5. The highest BCUT2D eigenvalue weighted by Crippen LogP contribution is 2.26. The Kier molecular flexibility index (Phi) is 5.45. The van der Waals surface area contributed by atoms with Crippen LogP contribution >= 0.6 is 11.6 Å². The van der Waals surface area contributed by atoms with Crippen LogP contribution in [-0.4, -0.2) is 19.1 Å². The normalized spacial score (nSPS) is 11.7.